The monoisotopic (exact) mass is 219 g/mol. The van der Waals surface area contributed by atoms with E-state index in [0.29, 0.717) is 11.4 Å². The third-order valence-corrected chi connectivity index (χ3v) is 2.37. The van der Waals surface area contributed by atoms with Gasteiger partial charge in [0.15, 0.2) is 0 Å². The highest BCUT2D eigenvalue weighted by molar-refractivity contribution is 9.09. The Morgan fingerprint density at radius 3 is 2.64 bits per heavy atom. The van der Waals surface area contributed by atoms with Crippen LogP contribution in [0.15, 0.2) is 0 Å². The number of carbonyl (C=O) groups is 1. The van der Waals surface area contributed by atoms with Gasteiger partial charge in [-0.3, -0.25) is 4.79 Å². The van der Waals surface area contributed by atoms with E-state index in [1.165, 1.54) is 12.8 Å². The summed E-state index contributed by atoms with van der Waals surface area (Å²) in [7, 11) is 0. The third kappa shape index (κ3) is 2.47. The minimum atomic E-state index is 0.245. The second kappa shape index (κ2) is 4.10. The van der Waals surface area contributed by atoms with Crippen molar-refractivity contribution in [3.63, 3.8) is 0 Å². The van der Waals surface area contributed by atoms with E-state index < -0.39 is 0 Å². The van der Waals surface area contributed by atoms with Gasteiger partial charge in [0, 0.05) is 12.6 Å². The average Bonchev–Trinajstić information content (AvgIpc) is 2.81. The Bertz CT molecular complexity index is 145. The first kappa shape index (κ1) is 9.04. The Kier molecular flexibility index (Phi) is 3.37. The van der Waals surface area contributed by atoms with Crippen LogP contribution in [0.25, 0.3) is 0 Å². The van der Waals surface area contributed by atoms with Gasteiger partial charge in [0.25, 0.3) is 0 Å². The lowest BCUT2D eigenvalue weighted by Crippen LogP contribution is -2.34. The van der Waals surface area contributed by atoms with Crippen LogP contribution >= 0.6 is 15.9 Å². The van der Waals surface area contributed by atoms with Crippen molar-refractivity contribution >= 4 is 21.8 Å². The molecular weight excluding hydrogens is 206 g/mol. The van der Waals surface area contributed by atoms with E-state index in [9.17, 15) is 4.79 Å². The fourth-order valence-corrected chi connectivity index (χ4v) is 1.54. The highest BCUT2D eigenvalue weighted by atomic mass is 79.9. The predicted molar refractivity (Wildman–Crippen MR) is 48.8 cm³/mol. The van der Waals surface area contributed by atoms with Gasteiger partial charge in [0.2, 0.25) is 5.91 Å². The Labute approximate surface area is 76.1 Å². The summed E-state index contributed by atoms with van der Waals surface area (Å²) in [4.78, 5) is 13.3. The number of hydrogen-bond acceptors (Lipinski definition) is 1. The zero-order chi connectivity index (χ0) is 8.27. The van der Waals surface area contributed by atoms with Crippen LogP contribution in [-0.2, 0) is 4.79 Å². The highest BCUT2D eigenvalue weighted by Gasteiger charge is 2.30. The summed E-state index contributed by atoms with van der Waals surface area (Å²) in [5, 5.41) is 0.476. The van der Waals surface area contributed by atoms with E-state index in [1.54, 1.807) is 0 Å². The van der Waals surface area contributed by atoms with E-state index in [2.05, 4.69) is 22.9 Å². The minimum absolute atomic E-state index is 0.245. The van der Waals surface area contributed by atoms with Crippen molar-refractivity contribution in [3.8, 4) is 0 Å². The summed E-state index contributed by atoms with van der Waals surface area (Å²) in [5.74, 6) is 0.245. The summed E-state index contributed by atoms with van der Waals surface area (Å²) in [5.41, 5.74) is 0. The maximum atomic E-state index is 11.3. The van der Waals surface area contributed by atoms with Gasteiger partial charge < -0.3 is 4.90 Å². The molecule has 0 spiro atoms. The molecule has 0 atom stereocenters. The average molecular weight is 220 g/mol. The van der Waals surface area contributed by atoms with E-state index >= 15 is 0 Å². The van der Waals surface area contributed by atoms with Crippen LogP contribution in [0, 0.1) is 0 Å². The smallest absolute Gasteiger partial charge is 0.233 e. The normalized spacial score (nSPS) is 16.5. The summed E-state index contributed by atoms with van der Waals surface area (Å²) in [6.07, 6.45) is 3.48. The molecule has 1 fully saturated rings. The van der Waals surface area contributed by atoms with Crippen molar-refractivity contribution in [3.05, 3.63) is 0 Å². The van der Waals surface area contributed by atoms with E-state index in [4.69, 9.17) is 0 Å². The molecule has 1 aliphatic carbocycles. The molecular formula is C8H14BrNO. The largest absolute Gasteiger partial charge is 0.339 e. The molecule has 1 aliphatic rings. The lowest BCUT2D eigenvalue weighted by molar-refractivity contribution is -0.128. The van der Waals surface area contributed by atoms with Gasteiger partial charge in [-0.25, -0.2) is 0 Å². The standard InChI is InChI=1S/C8H14BrNO/c1-2-5-10(7-3-4-7)8(11)6-9/h7H,2-6H2,1H3. The van der Waals surface area contributed by atoms with Gasteiger partial charge in [-0.1, -0.05) is 22.9 Å². The van der Waals surface area contributed by atoms with Gasteiger partial charge in [0.1, 0.15) is 0 Å². The molecule has 1 rings (SSSR count). The second-order valence-corrected chi connectivity index (χ2v) is 3.51. The van der Waals surface area contributed by atoms with Crippen molar-refractivity contribution in [1.82, 2.24) is 4.90 Å². The fourth-order valence-electron chi connectivity index (χ4n) is 1.21. The zero-order valence-corrected chi connectivity index (χ0v) is 8.43. The molecule has 0 heterocycles. The Hall–Kier alpha value is -0.0500. The summed E-state index contributed by atoms with van der Waals surface area (Å²) in [6, 6.07) is 0.569. The summed E-state index contributed by atoms with van der Waals surface area (Å²) in [6.45, 7) is 3.03. The molecule has 11 heavy (non-hydrogen) atoms. The first-order chi connectivity index (χ1) is 5.29. The van der Waals surface area contributed by atoms with Crippen molar-refractivity contribution in [1.29, 1.82) is 0 Å². The number of nitrogens with zero attached hydrogens (tertiary/aromatic N) is 1. The molecule has 0 aromatic carbocycles. The van der Waals surface area contributed by atoms with E-state index in [0.717, 1.165) is 13.0 Å². The number of halogens is 1. The predicted octanol–water partition coefficient (Wildman–Crippen LogP) is 1.78. The Morgan fingerprint density at radius 1 is 1.64 bits per heavy atom. The third-order valence-electron chi connectivity index (χ3n) is 1.89. The Balaban J connectivity index is 2.37. The number of rotatable bonds is 4. The number of alkyl halides is 1. The number of hydrogen-bond donors (Lipinski definition) is 0. The maximum Gasteiger partial charge on any atom is 0.233 e. The topological polar surface area (TPSA) is 20.3 Å². The van der Waals surface area contributed by atoms with Crippen molar-refractivity contribution in [2.75, 3.05) is 11.9 Å². The molecule has 0 saturated heterocycles. The molecule has 1 saturated carbocycles. The van der Waals surface area contributed by atoms with Crippen molar-refractivity contribution in [2.24, 2.45) is 0 Å². The first-order valence-corrected chi connectivity index (χ1v) is 5.27. The molecule has 0 aliphatic heterocycles. The lowest BCUT2D eigenvalue weighted by Gasteiger charge is -2.20. The molecule has 0 aromatic heterocycles. The van der Waals surface area contributed by atoms with E-state index in [1.807, 2.05) is 4.90 Å². The van der Waals surface area contributed by atoms with Crippen LogP contribution in [0.1, 0.15) is 26.2 Å². The second-order valence-electron chi connectivity index (χ2n) is 2.95. The Morgan fingerprint density at radius 2 is 2.27 bits per heavy atom. The first-order valence-electron chi connectivity index (χ1n) is 4.15. The minimum Gasteiger partial charge on any atom is -0.339 e. The zero-order valence-electron chi connectivity index (χ0n) is 6.85. The molecule has 0 N–H and O–H groups in total. The highest BCUT2D eigenvalue weighted by Crippen LogP contribution is 2.27. The summed E-state index contributed by atoms with van der Waals surface area (Å²) < 4.78 is 0. The lowest BCUT2D eigenvalue weighted by atomic mass is 10.4. The molecule has 1 amide bonds. The van der Waals surface area contributed by atoms with Crippen LogP contribution < -0.4 is 0 Å². The van der Waals surface area contributed by atoms with Gasteiger partial charge in [-0.15, -0.1) is 0 Å². The fraction of sp³-hybridized carbons (Fsp3) is 0.875. The molecule has 0 aromatic rings. The quantitative estimate of drug-likeness (QED) is 0.661. The molecule has 0 unspecified atom stereocenters. The SMILES string of the molecule is CCCN(C(=O)CBr)C1CC1. The van der Waals surface area contributed by atoms with Crippen LogP contribution in [0.4, 0.5) is 0 Å². The van der Waals surface area contributed by atoms with Crippen LogP contribution in [0.5, 0.6) is 0 Å². The van der Waals surface area contributed by atoms with Crippen LogP contribution in [-0.4, -0.2) is 28.7 Å². The van der Waals surface area contributed by atoms with Gasteiger partial charge >= 0.3 is 0 Å². The van der Waals surface area contributed by atoms with Gasteiger partial charge in [0.05, 0.1) is 5.33 Å². The number of carbonyl (C=O) groups excluding carboxylic acids is 1. The van der Waals surface area contributed by atoms with Gasteiger partial charge in [-0.05, 0) is 19.3 Å². The maximum absolute atomic E-state index is 11.3. The van der Waals surface area contributed by atoms with Gasteiger partial charge in [-0.2, -0.15) is 0 Å². The molecule has 3 heteroatoms. The van der Waals surface area contributed by atoms with E-state index in [-0.39, 0.29) is 5.91 Å². The number of amides is 1. The van der Waals surface area contributed by atoms with Crippen LogP contribution in [0.3, 0.4) is 0 Å². The van der Waals surface area contributed by atoms with Crippen molar-refractivity contribution in [2.45, 2.75) is 32.2 Å². The van der Waals surface area contributed by atoms with Crippen LogP contribution in [0.2, 0.25) is 0 Å². The molecule has 64 valence electrons. The molecule has 0 bridgehead atoms. The molecule has 0 radical (unpaired) electrons. The molecule has 2 nitrogen and oxygen atoms in total. The summed E-state index contributed by atoms with van der Waals surface area (Å²) >= 11 is 3.19. The van der Waals surface area contributed by atoms with Crippen molar-refractivity contribution < 1.29 is 4.79 Å².